The number of hydrogen-bond donors (Lipinski definition) is 1. The zero-order valence-corrected chi connectivity index (χ0v) is 21.6. The van der Waals surface area contributed by atoms with Crippen molar-refractivity contribution < 1.29 is 14.3 Å². The maximum absolute atomic E-state index is 13.6. The minimum absolute atomic E-state index is 0.0779. The van der Waals surface area contributed by atoms with Crippen molar-refractivity contribution in [2.75, 3.05) is 6.61 Å². The van der Waals surface area contributed by atoms with Crippen molar-refractivity contribution >= 4 is 35.0 Å². The van der Waals surface area contributed by atoms with Gasteiger partial charge in [0.1, 0.15) is 11.8 Å². The van der Waals surface area contributed by atoms with Crippen LogP contribution in [0.4, 0.5) is 0 Å². The number of halogens is 2. The van der Waals surface area contributed by atoms with Crippen LogP contribution in [0.15, 0.2) is 72.8 Å². The van der Waals surface area contributed by atoms with Crippen molar-refractivity contribution in [2.45, 2.75) is 45.8 Å². The Bertz CT molecular complexity index is 1150. The van der Waals surface area contributed by atoms with Crippen LogP contribution in [0.1, 0.15) is 30.5 Å². The van der Waals surface area contributed by atoms with Gasteiger partial charge in [0.2, 0.25) is 5.91 Å². The Morgan fingerprint density at radius 3 is 2.26 bits per heavy atom. The fraction of sp³-hybridized carbons (Fsp3) is 0.286. The summed E-state index contributed by atoms with van der Waals surface area (Å²) in [5.74, 6) is 0.0916. The van der Waals surface area contributed by atoms with Gasteiger partial charge in [0, 0.05) is 19.0 Å². The quantitative estimate of drug-likeness (QED) is 0.370. The van der Waals surface area contributed by atoms with E-state index in [4.69, 9.17) is 27.9 Å². The molecule has 3 rings (SSSR count). The first-order chi connectivity index (χ1) is 16.7. The second-order valence-electron chi connectivity index (χ2n) is 8.69. The van der Waals surface area contributed by atoms with Gasteiger partial charge < -0.3 is 15.0 Å². The Hall–Kier alpha value is -3.02. The van der Waals surface area contributed by atoms with Gasteiger partial charge in [-0.25, -0.2) is 0 Å². The van der Waals surface area contributed by atoms with Crippen LogP contribution in [0.5, 0.6) is 5.75 Å². The molecular weight excluding hydrogens is 483 g/mol. The van der Waals surface area contributed by atoms with E-state index >= 15 is 0 Å². The lowest BCUT2D eigenvalue weighted by molar-refractivity contribution is -0.143. The van der Waals surface area contributed by atoms with Crippen LogP contribution in [-0.2, 0) is 22.6 Å². The monoisotopic (exact) mass is 512 g/mol. The van der Waals surface area contributed by atoms with E-state index in [9.17, 15) is 9.59 Å². The summed E-state index contributed by atoms with van der Waals surface area (Å²) in [6, 6.07) is 21.5. The first-order valence-electron chi connectivity index (χ1n) is 11.5. The lowest BCUT2D eigenvalue weighted by atomic mass is 10.0. The summed E-state index contributed by atoms with van der Waals surface area (Å²) in [6.07, 6.45) is 0.358. The third-order valence-corrected chi connectivity index (χ3v) is 6.22. The van der Waals surface area contributed by atoms with Crippen molar-refractivity contribution in [1.29, 1.82) is 0 Å². The van der Waals surface area contributed by atoms with E-state index in [2.05, 4.69) is 5.32 Å². The smallest absolute Gasteiger partial charge is 0.261 e. The highest BCUT2D eigenvalue weighted by Gasteiger charge is 2.31. The molecule has 1 unspecified atom stereocenters. The predicted molar refractivity (Wildman–Crippen MR) is 141 cm³/mol. The number of ether oxygens (including phenoxy) is 1. The Morgan fingerprint density at radius 2 is 1.60 bits per heavy atom. The SMILES string of the molecule is Cc1ccccc1OCC(=O)N(Cc1ccc(Cl)c(Cl)c1)C(Cc1ccccc1)C(=O)NC(C)C. The van der Waals surface area contributed by atoms with Crippen molar-refractivity contribution in [3.05, 3.63) is 99.5 Å². The van der Waals surface area contributed by atoms with E-state index in [1.807, 2.05) is 75.4 Å². The van der Waals surface area contributed by atoms with E-state index in [1.165, 1.54) is 0 Å². The molecule has 0 aromatic heterocycles. The molecule has 0 aliphatic rings. The Labute approximate surface area is 217 Å². The molecule has 3 aromatic carbocycles. The summed E-state index contributed by atoms with van der Waals surface area (Å²) in [6.45, 7) is 5.68. The van der Waals surface area contributed by atoms with Gasteiger partial charge in [-0.3, -0.25) is 9.59 Å². The average molecular weight is 513 g/mol. The molecule has 0 heterocycles. The molecule has 0 aliphatic heterocycles. The van der Waals surface area contributed by atoms with Crippen LogP contribution in [-0.4, -0.2) is 35.4 Å². The van der Waals surface area contributed by atoms with E-state index < -0.39 is 6.04 Å². The topological polar surface area (TPSA) is 58.6 Å². The summed E-state index contributed by atoms with van der Waals surface area (Å²) < 4.78 is 5.85. The lowest BCUT2D eigenvalue weighted by Crippen LogP contribution is -2.52. The maximum atomic E-state index is 13.6. The number of carbonyl (C=O) groups is 2. The summed E-state index contributed by atoms with van der Waals surface area (Å²) in [4.78, 5) is 28.5. The van der Waals surface area contributed by atoms with Crippen molar-refractivity contribution in [1.82, 2.24) is 10.2 Å². The standard InChI is InChI=1S/C28H30Cl2N2O3/c1-19(2)31-28(34)25(16-21-10-5-4-6-11-21)32(17-22-13-14-23(29)24(30)15-22)27(33)18-35-26-12-8-7-9-20(26)3/h4-15,19,25H,16-18H2,1-3H3,(H,31,34). The molecule has 0 bridgehead atoms. The van der Waals surface area contributed by atoms with E-state index in [1.54, 1.807) is 23.1 Å². The molecule has 1 atom stereocenters. The molecule has 2 amide bonds. The molecule has 0 fully saturated rings. The van der Waals surface area contributed by atoms with Gasteiger partial charge in [-0.05, 0) is 55.7 Å². The van der Waals surface area contributed by atoms with Gasteiger partial charge in [-0.1, -0.05) is 77.8 Å². The predicted octanol–water partition coefficient (Wildman–Crippen LogP) is 5.85. The Morgan fingerprint density at radius 1 is 0.914 bits per heavy atom. The molecule has 0 radical (unpaired) electrons. The highest BCUT2D eigenvalue weighted by atomic mass is 35.5. The molecule has 0 saturated heterocycles. The van der Waals surface area contributed by atoms with Gasteiger partial charge >= 0.3 is 0 Å². The summed E-state index contributed by atoms with van der Waals surface area (Å²) in [5, 5.41) is 3.78. The lowest BCUT2D eigenvalue weighted by Gasteiger charge is -2.32. The van der Waals surface area contributed by atoms with Crippen LogP contribution in [0.3, 0.4) is 0 Å². The number of nitrogens with one attached hydrogen (secondary N) is 1. The van der Waals surface area contributed by atoms with Crippen LogP contribution >= 0.6 is 23.2 Å². The summed E-state index contributed by atoms with van der Waals surface area (Å²) in [5.41, 5.74) is 2.64. The van der Waals surface area contributed by atoms with Crippen molar-refractivity contribution in [3.8, 4) is 5.75 Å². The molecule has 0 spiro atoms. The number of carbonyl (C=O) groups excluding carboxylic acids is 2. The van der Waals surface area contributed by atoms with Gasteiger partial charge in [-0.2, -0.15) is 0 Å². The van der Waals surface area contributed by atoms with Crippen LogP contribution in [0, 0.1) is 6.92 Å². The van der Waals surface area contributed by atoms with Crippen LogP contribution < -0.4 is 10.1 Å². The van der Waals surface area contributed by atoms with Gasteiger partial charge in [-0.15, -0.1) is 0 Å². The summed E-state index contributed by atoms with van der Waals surface area (Å²) in [7, 11) is 0. The van der Waals surface area contributed by atoms with E-state index in [0.717, 1.165) is 16.7 Å². The number of nitrogens with zero attached hydrogens (tertiary/aromatic N) is 1. The average Bonchev–Trinajstić information content (AvgIpc) is 2.83. The number of aryl methyl sites for hydroxylation is 1. The molecule has 35 heavy (non-hydrogen) atoms. The third kappa shape index (κ3) is 7.74. The van der Waals surface area contributed by atoms with Crippen molar-refractivity contribution in [2.24, 2.45) is 0 Å². The second-order valence-corrected chi connectivity index (χ2v) is 9.51. The van der Waals surface area contributed by atoms with Gasteiger partial charge in [0.15, 0.2) is 6.61 Å². The maximum Gasteiger partial charge on any atom is 0.261 e. The molecule has 0 aliphatic carbocycles. The fourth-order valence-electron chi connectivity index (χ4n) is 3.71. The molecule has 3 aromatic rings. The Kier molecular flexibility index (Phi) is 9.58. The highest BCUT2D eigenvalue weighted by Crippen LogP contribution is 2.24. The third-order valence-electron chi connectivity index (χ3n) is 5.48. The number of rotatable bonds is 10. The molecular formula is C28H30Cl2N2O3. The zero-order chi connectivity index (χ0) is 25.4. The molecule has 0 saturated carbocycles. The van der Waals surface area contributed by atoms with Crippen LogP contribution in [0.25, 0.3) is 0 Å². The normalized spacial score (nSPS) is 11.7. The fourth-order valence-corrected chi connectivity index (χ4v) is 4.03. The number of hydrogen-bond acceptors (Lipinski definition) is 3. The summed E-state index contributed by atoms with van der Waals surface area (Å²) >= 11 is 12.3. The van der Waals surface area contributed by atoms with E-state index in [-0.39, 0.29) is 31.0 Å². The minimum atomic E-state index is -0.748. The Balaban J connectivity index is 1.93. The molecule has 184 valence electrons. The number of para-hydroxylation sites is 1. The minimum Gasteiger partial charge on any atom is -0.484 e. The largest absolute Gasteiger partial charge is 0.484 e. The van der Waals surface area contributed by atoms with Crippen molar-refractivity contribution in [3.63, 3.8) is 0 Å². The van der Waals surface area contributed by atoms with Gasteiger partial charge in [0.25, 0.3) is 5.91 Å². The second kappa shape index (κ2) is 12.6. The number of benzene rings is 3. The first kappa shape index (κ1) is 26.6. The van der Waals surface area contributed by atoms with Crippen LogP contribution in [0.2, 0.25) is 10.0 Å². The molecule has 7 heteroatoms. The van der Waals surface area contributed by atoms with E-state index in [0.29, 0.717) is 22.2 Å². The zero-order valence-electron chi connectivity index (χ0n) is 20.1. The van der Waals surface area contributed by atoms with Gasteiger partial charge in [0.05, 0.1) is 10.0 Å². The number of amides is 2. The molecule has 1 N–H and O–H groups in total. The first-order valence-corrected chi connectivity index (χ1v) is 12.3. The highest BCUT2D eigenvalue weighted by molar-refractivity contribution is 6.42. The molecule has 5 nitrogen and oxygen atoms in total.